The number of hydrogen-bond acceptors (Lipinski definition) is 7. The minimum absolute atomic E-state index is 0.0938. The molecule has 2 fully saturated rings. The average Bonchev–Trinajstić information content (AvgIpc) is 2.96. The monoisotopic (exact) mass is 289 g/mol. The zero-order valence-corrected chi connectivity index (χ0v) is 11.5. The highest BCUT2D eigenvalue weighted by Gasteiger charge is 2.33. The molecule has 8 heteroatoms. The van der Waals surface area contributed by atoms with E-state index in [-0.39, 0.29) is 23.5 Å². The molecule has 1 aromatic heterocycles. The van der Waals surface area contributed by atoms with Crippen molar-refractivity contribution in [2.24, 2.45) is 0 Å². The maximum atomic E-state index is 11.4. The van der Waals surface area contributed by atoms with Crippen LogP contribution in [0.4, 0.5) is 0 Å². The van der Waals surface area contributed by atoms with Crippen LogP contribution in [-0.2, 0) is 9.84 Å². The summed E-state index contributed by atoms with van der Waals surface area (Å²) >= 11 is 1.85. The molecule has 3 rings (SSSR count). The van der Waals surface area contributed by atoms with E-state index in [4.69, 9.17) is 4.52 Å². The van der Waals surface area contributed by atoms with Crippen molar-refractivity contribution < 1.29 is 12.9 Å². The van der Waals surface area contributed by atoms with E-state index in [1.807, 2.05) is 11.8 Å². The van der Waals surface area contributed by atoms with E-state index in [0.29, 0.717) is 18.1 Å². The lowest BCUT2D eigenvalue weighted by Crippen LogP contribution is -2.30. The van der Waals surface area contributed by atoms with Crippen molar-refractivity contribution in [1.82, 2.24) is 15.5 Å². The van der Waals surface area contributed by atoms with E-state index < -0.39 is 9.84 Å². The van der Waals surface area contributed by atoms with E-state index in [1.165, 1.54) is 0 Å². The van der Waals surface area contributed by atoms with Crippen LogP contribution in [0.5, 0.6) is 0 Å². The molecule has 1 N–H and O–H groups in total. The van der Waals surface area contributed by atoms with E-state index in [0.717, 1.165) is 18.1 Å². The van der Waals surface area contributed by atoms with Gasteiger partial charge in [-0.15, -0.1) is 0 Å². The van der Waals surface area contributed by atoms with E-state index in [9.17, 15) is 8.42 Å². The maximum Gasteiger partial charge on any atom is 0.244 e. The van der Waals surface area contributed by atoms with Gasteiger partial charge in [0.15, 0.2) is 15.7 Å². The molecular weight excluding hydrogens is 274 g/mol. The molecule has 0 spiro atoms. The predicted octanol–water partition coefficient (Wildman–Crippen LogP) is 0.349. The van der Waals surface area contributed by atoms with Gasteiger partial charge in [0.25, 0.3) is 0 Å². The molecule has 0 aliphatic carbocycles. The summed E-state index contributed by atoms with van der Waals surface area (Å²) < 4.78 is 28.1. The first-order valence-corrected chi connectivity index (χ1v) is 8.97. The van der Waals surface area contributed by atoms with Gasteiger partial charge >= 0.3 is 0 Å². The minimum atomic E-state index is -2.90. The van der Waals surface area contributed by atoms with Gasteiger partial charge in [-0.1, -0.05) is 5.16 Å². The normalized spacial score (nSPS) is 31.6. The molecule has 0 saturated carbocycles. The van der Waals surface area contributed by atoms with Gasteiger partial charge in [0.2, 0.25) is 5.89 Å². The summed E-state index contributed by atoms with van der Waals surface area (Å²) in [6, 6.07) is 0.100. The summed E-state index contributed by atoms with van der Waals surface area (Å²) in [4.78, 5) is 4.36. The maximum absolute atomic E-state index is 11.4. The fraction of sp³-hybridized carbons (Fsp3) is 0.800. The largest absolute Gasteiger partial charge is 0.338 e. The molecule has 18 heavy (non-hydrogen) atoms. The summed E-state index contributed by atoms with van der Waals surface area (Å²) in [5.74, 6) is 3.44. The minimum Gasteiger partial charge on any atom is -0.338 e. The van der Waals surface area contributed by atoms with Crippen LogP contribution in [0.3, 0.4) is 0 Å². The highest BCUT2D eigenvalue weighted by atomic mass is 32.2. The molecule has 6 nitrogen and oxygen atoms in total. The molecule has 2 aliphatic rings. The second-order valence-electron chi connectivity index (χ2n) is 4.67. The third-order valence-electron chi connectivity index (χ3n) is 3.27. The highest BCUT2D eigenvalue weighted by molar-refractivity contribution is 7.99. The van der Waals surface area contributed by atoms with Gasteiger partial charge in [-0.3, -0.25) is 0 Å². The number of sulfone groups is 1. The topological polar surface area (TPSA) is 85.1 Å². The standard InChI is InChI=1S/C10H15N3O3S2/c14-18(15)4-1-7(6-18)9-12-10(16-13-9)8-5-17-3-2-11-8/h7-8,11H,1-6H2. The van der Waals surface area contributed by atoms with Gasteiger partial charge in [0, 0.05) is 24.0 Å². The number of nitrogens with zero attached hydrogens (tertiary/aromatic N) is 2. The zero-order valence-electron chi connectivity index (χ0n) is 9.83. The van der Waals surface area contributed by atoms with Crippen molar-refractivity contribution in [3.05, 3.63) is 11.7 Å². The van der Waals surface area contributed by atoms with E-state index in [2.05, 4.69) is 15.5 Å². The van der Waals surface area contributed by atoms with Crippen LogP contribution in [0.1, 0.15) is 30.1 Å². The average molecular weight is 289 g/mol. The fourth-order valence-corrected chi connectivity index (χ4v) is 4.94. The summed E-state index contributed by atoms with van der Waals surface area (Å²) in [5.41, 5.74) is 0. The van der Waals surface area contributed by atoms with Crippen molar-refractivity contribution in [3.63, 3.8) is 0 Å². The molecule has 2 atom stereocenters. The van der Waals surface area contributed by atoms with Crippen LogP contribution in [0, 0.1) is 0 Å². The SMILES string of the molecule is O=S1(=O)CCC(c2noc(C3CSCCN3)n2)C1. The highest BCUT2D eigenvalue weighted by Crippen LogP contribution is 2.28. The zero-order chi connectivity index (χ0) is 12.6. The van der Waals surface area contributed by atoms with Crippen LogP contribution in [-0.4, -0.2) is 48.1 Å². The van der Waals surface area contributed by atoms with Crippen LogP contribution in [0.2, 0.25) is 0 Å². The van der Waals surface area contributed by atoms with Crippen LogP contribution in [0.15, 0.2) is 4.52 Å². The number of thioether (sulfide) groups is 1. The summed E-state index contributed by atoms with van der Waals surface area (Å²) in [7, 11) is -2.90. The molecule has 0 aromatic carbocycles. The summed E-state index contributed by atoms with van der Waals surface area (Å²) in [6.45, 7) is 0.935. The molecule has 0 bridgehead atoms. The van der Waals surface area contributed by atoms with Gasteiger partial charge in [-0.2, -0.15) is 16.7 Å². The van der Waals surface area contributed by atoms with Crippen molar-refractivity contribution >= 4 is 21.6 Å². The lowest BCUT2D eigenvalue weighted by atomic mass is 10.1. The molecule has 1 aromatic rings. The Bertz CT molecular complexity index is 522. The molecule has 2 unspecified atom stereocenters. The second-order valence-corrected chi connectivity index (χ2v) is 8.05. The van der Waals surface area contributed by atoms with Crippen LogP contribution < -0.4 is 5.32 Å². The Kier molecular flexibility index (Phi) is 3.33. The number of nitrogens with one attached hydrogen (secondary N) is 1. The van der Waals surface area contributed by atoms with Crippen LogP contribution >= 0.6 is 11.8 Å². The Balaban J connectivity index is 1.73. The van der Waals surface area contributed by atoms with Crippen LogP contribution in [0.25, 0.3) is 0 Å². The molecule has 0 radical (unpaired) electrons. The Labute approximate surface area is 110 Å². The summed E-state index contributed by atoms with van der Waals surface area (Å²) in [6.07, 6.45) is 0.605. The van der Waals surface area contributed by atoms with Gasteiger partial charge < -0.3 is 9.84 Å². The Morgan fingerprint density at radius 1 is 1.44 bits per heavy atom. The van der Waals surface area contributed by atoms with Crippen molar-refractivity contribution in [2.75, 3.05) is 29.6 Å². The van der Waals surface area contributed by atoms with Crippen molar-refractivity contribution in [1.29, 1.82) is 0 Å². The smallest absolute Gasteiger partial charge is 0.244 e. The van der Waals surface area contributed by atoms with Crippen molar-refractivity contribution in [2.45, 2.75) is 18.4 Å². The van der Waals surface area contributed by atoms with Gasteiger partial charge in [0.1, 0.15) is 0 Å². The number of hydrogen-bond donors (Lipinski definition) is 1. The first-order valence-electron chi connectivity index (χ1n) is 5.99. The molecule has 3 heterocycles. The number of rotatable bonds is 2. The molecule has 0 amide bonds. The Hall–Kier alpha value is -0.600. The first-order chi connectivity index (χ1) is 8.64. The molecule has 2 saturated heterocycles. The first kappa shape index (κ1) is 12.4. The van der Waals surface area contributed by atoms with Gasteiger partial charge in [-0.05, 0) is 6.42 Å². The predicted molar refractivity (Wildman–Crippen MR) is 68.4 cm³/mol. The Morgan fingerprint density at radius 3 is 3.00 bits per heavy atom. The molecule has 100 valence electrons. The number of aromatic nitrogens is 2. The van der Waals surface area contributed by atoms with Crippen molar-refractivity contribution in [3.8, 4) is 0 Å². The Morgan fingerprint density at radius 2 is 2.33 bits per heavy atom. The van der Waals surface area contributed by atoms with Gasteiger partial charge in [-0.25, -0.2) is 8.42 Å². The third-order valence-corrected chi connectivity index (χ3v) is 6.10. The van der Waals surface area contributed by atoms with E-state index >= 15 is 0 Å². The quantitative estimate of drug-likeness (QED) is 0.840. The summed E-state index contributed by atoms with van der Waals surface area (Å²) in [5, 5.41) is 7.26. The van der Waals surface area contributed by atoms with E-state index in [1.54, 1.807) is 0 Å². The molecule has 2 aliphatic heterocycles. The second kappa shape index (κ2) is 4.82. The third kappa shape index (κ3) is 2.55. The van der Waals surface area contributed by atoms with Gasteiger partial charge in [0.05, 0.1) is 17.5 Å². The lowest BCUT2D eigenvalue weighted by Gasteiger charge is -2.19. The fourth-order valence-electron chi connectivity index (χ4n) is 2.28. The lowest BCUT2D eigenvalue weighted by molar-refractivity contribution is 0.337. The molecular formula is C10H15N3O3S2.